The van der Waals surface area contributed by atoms with Gasteiger partial charge < -0.3 is 15.2 Å². The molecule has 0 aliphatic heterocycles. The van der Waals surface area contributed by atoms with Crippen molar-refractivity contribution in [2.45, 2.75) is 12.5 Å². The van der Waals surface area contributed by atoms with Crippen molar-refractivity contribution in [2.24, 2.45) is 0 Å². The van der Waals surface area contributed by atoms with E-state index in [9.17, 15) is 9.59 Å². The summed E-state index contributed by atoms with van der Waals surface area (Å²) in [7, 11) is 1.39. The van der Waals surface area contributed by atoms with E-state index in [2.05, 4.69) is 10.1 Å². The Labute approximate surface area is 87.2 Å². The van der Waals surface area contributed by atoms with Gasteiger partial charge in [-0.1, -0.05) is 0 Å². The Hall–Kier alpha value is -0.750. The Morgan fingerprint density at radius 3 is 2.64 bits per heavy atom. The highest BCUT2D eigenvalue weighted by atomic mass is 32.2. The molecule has 0 aliphatic carbocycles. The first-order valence-corrected chi connectivity index (χ1v) is 5.51. The minimum absolute atomic E-state index is 0.108. The van der Waals surface area contributed by atoms with Gasteiger partial charge in [-0.25, -0.2) is 4.79 Å². The van der Waals surface area contributed by atoms with E-state index in [1.165, 1.54) is 7.11 Å². The van der Waals surface area contributed by atoms with E-state index in [1.54, 1.807) is 11.8 Å². The van der Waals surface area contributed by atoms with Crippen LogP contribution in [0.25, 0.3) is 0 Å². The van der Waals surface area contributed by atoms with Crippen LogP contribution in [0.4, 0.5) is 0 Å². The molecule has 0 rings (SSSR count). The molecule has 0 aromatic rings. The lowest BCUT2D eigenvalue weighted by molar-refractivity contribution is -0.142. The van der Waals surface area contributed by atoms with Gasteiger partial charge in [-0.05, 0) is 18.4 Å². The molecule has 0 saturated carbocycles. The Balaban J connectivity index is 3.95. The van der Waals surface area contributed by atoms with Crippen LogP contribution in [-0.4, -0.2) is 48.8 Å². The number of thioether (sulfide) groups is 1. The van der Waals surface area contributed by atoms with E-state index in [0.717, 1.165) is 0 Å². The minimum atomic E-state index is -1.01. The van der Waals surface area contributed by atoms with E-state index in [4.69, 9.17) is 5.11 Å². The summed E-state index contributed by atoms with van der Waals surface area (Å²) in [6, 6.07) is -0.815. The second kappa shape index (κ2) is 7.64. The summed E-state index contributed by atoms with van der Waals surface area (Å²) in [5.74, 6) is -0.714. The molecule has 82 valence electrons. The average Bonchev–Trinajstić information content (AvgIpc) is 2.12. The largest absolute Gasteiger partial charge is 0.480 e. The number of carbonyl (C=O) groups excluding carboxylic acids is 1. The molecule has 0 aromatic carbocycles. The van der Waals surface area contributed by atoms with Gasteiger partial charge in [0, 0.05) is 7.11 Å². The van der Waals surface area contributed by atoms with Crippen molar-refractivity contribution < 1.29 is 19.4 Å². The Morgan fingerprint density at radius 1 is 1.57 bits per heavy atom. The number of rotatable bonds is 7. The number of carbonyl (C=O) groups is 2. The summed E-state index contributed by atoms with van der Waals surface area (Å²) in [4.78, 5) is 21.7. The van der Waals surface area contributed by atoms with Crippen molar-refractivity contribution in [1.82, 2.24) is 5.32 Å². The zero-order valence-corrected chi connectivity index (χ0v) is 9.10. The third-order valence-corrected chi connectivity index (χ3v) is 2.16. The van der Waals surface area contributed by atoms with E-state index >= 15 is 0 Å². The van der Waals surface area contributed by atoms with Gasteiger partial charge in [-0.15, -0.1) is 0 Å². The van der Waals surface area contributed by atoms with Crippen molar-refractivity contribution in [1.29, 1.82) is 0 Å². The lowest BCUT2D eigenvalue weighted by Crippen LogP contribution is -2.42. The molecule has 0 radical (unpaired) electrons. The van der Waals surface area contributed by atoms with Crippen molar-refractivity contribution in [2.75, 3.05) is 25.7 Å². The molecule has 0 fully saturated rings. The van der Waals surface area contributed by atoms with Gasteiger partial charge in [0.25, 0.3) is 0 Å². The summed E-state index contributed by atoms with van der Waals surface area (Å²) >= 11 is 1.54. The lowest BCUT2D eigenvalue weighted by atomic mass is 10.2. The first kappa shape index (κ1) is 13.2. The van der Waals surface area contributed by atoms with Crippen LogP contribution in [0.15, 0.2) is 0 Å². The predicted molar refractivity (Wildman–Crippen MR) is 54.4 cm³/mol. The van der Waals surface area contributed by atoms with Crippen LogP contribution in [0.3, 0.4) is 0 Å². The smallest absolute Gasteiger partial charge is 0.326 e. The SMILES string of the molecule is COCC(=O)N[C@@H](CCSC)C(=O)O. The lowest BCUT2D eigenvalue weighted by Gasteiger charge is -2.13. The number of hydrogen-bond donors (Lipinski definition) is 2. The number of aliphatic carboxylic acids is 1. The van der Waals surface area contributed by atoms with E-state index < -0.39 is 17.9 Å². The first-order chi connectivity index (χ1) is 6.61. The molecule has 5 nitrogen and oxygen atoms in total. The number of hydrogen-bond acceptors (Lipinski definition) is 4. The Kier molecular flexibility index (Phi) is 7.23. The van der Waals surface area contributed by atoms with Gasteiger partial charge in [0.05, 0.1) is 0 Å². The van der Waals surface area contributed by atoms with Crippen molar-refractivity contribution in [3.63, 3.8) is 0 Å². The number of methoxy groups -OCH3 is 1. The number of carboxylic acids is 1. The van der Waals surface area contributed by atoms with E-state index in [-0.39, 0.29) is 6.61 Å². The van der Waals surface area contributed by atoms with Crippen LogP contribution in [0.1, 0.15) is 6.42 Å². The normalized spacial score (nSPS) is 12.1. The Morgan fingerprint density at radius 2 is 2.21 bits per heavy atom. The molecular weight excluding hydrogens is 206 g/mol. The van der Waals surface area contributed by atoms with Crippen LogP contribution in [-0.2, 0) is 14.3 Å². The average molecular weight is 221 g/mol. The third-order valence-electron chi connectivity index (χ3n) is 1.52. The molecule has 1 atom stereocenters. The molecule has 0 unspecified atom stereocenters. The topological polar surface area (TPSA) is 75.6 Å². The molecular formula is C8H15NO4S. The molecule has 0 aromatic heterocycles. The van der Waals surface area contributed by atoms with Crippen LogP contribution in [0.5, 0.6) is 0 Å². The highest BCUT2D eigenvalue weighted by Crippen LogP contribution is 2.00. The molecule has 2 N–H and O–H groups in total. The summed E-state index contributed by atoms with van der Waals surface area (Å²) in [5.41, 5.74) is 0. The van der Waals surface area contributed by atoms with Gasteiger partial charge in [-0.2, -0.15) is 11.8 Å². The van der Waals surface area contributed by atoms with Crippen LogP contribution in [0.2, 0.25) is 0 Å². The fourth-order valence-corrected chi connectivity index (χ4v) is 1.33. The molecule has 0 saturated heterocycles. The zero-order chi connectivity index (χ0) is 11.0. The maximum Gasteiger partial charge on any atom is 0.326 e. The van der Waals surface area contributed by atoms with E-state index in [0.29, 0.717) is 12.2 Å². The van der Waals surface area contributed by atoms with Crippen molar-refractivity contribution >= 4 is 23.6 Å². The zero-order valence-electron chi connectivity index (χ0n) is 8.28. The third kappa shape index (κ3) is 5.82. The molecule has 6 heteroatoms. The molecule has 14 heavy (non-hydrogen) atoms. The second-order valence-electron chi connectivity index (χ2n) is 2.67. The first-order valence-electron chi connectivity index (χ1n) is 4.11. The van der Waals surface area contributed by atoms with E-state index in [1.807, 2.05) is 6.26 Å². The molecule has 0 aliphatic rings. The number of carboxylic acid groups (broad SMARTS) is 1. The minimum Gasteiger partial charge on any atom is -0.480 e. The number of nitrogens with one attached hydrogen (secondary N) is 1. The maximum atomic E-state index is 11.0. The van der Waals surface area contributed by atoms with Crippen LogP contribution in [0, 0.1) is 0 Å². The van der Waals surface area contributed by atoms with Crippen LogP contribution >= 0.6 is 11.8 Å². The molecule has 0 heterocycles. The highest BCUT2D eigenvalue weighted by molar-refractivity contribution is 7.98. The van der Waals surface area contributed by atoms with Crippen molar-refractivity contribution in [3.8, 4) is 0 Å². The molecule has 1 amide bonds. The quantitative estimate of drug-likeness (QED) is 0.630. The summed E-state index contributed by atoms with van der Waals surface area (Å²) < 4.78 is 4.58. The standard InChI is InChI=1S/C8H15NO4S/c1-13-5-7(10)9-6(8(11)12)3-4-14-2/h6H,3-5H2,1-2H3,(H,9,10)(H,11,12)/t6-/m0/s1. The monoisotopic (exact) mass is 221 g/mol. The van der Waals surface area contributed by atoms with Crippen molar-refractivity contribution in [3.05, 3.63) is 0 Å². The number of ether oxygens (including phenoxy) is 1. The fourth-order valence-electron chi connectivity index (χ4n) is 0.860. The molecule has 0 bridgehead atoms. The summed E-state index contributed by atoms with van der Waals surface area (Å²) in [5, 5.41) is 11.1. The van der Waals surface area contributed by atoms with Crippen LogP contribution < -0.4 is 5.32 Å². The predicted octanol–water partition coefficient (Wildman–Crippen LogP) is -0.0447. The summed E-state index contributed by atoms with van der Waals surface area (Å²) in [6.45, 7) is -0.108. The van der Waals surface area contributed by atoms with Gasteiger partial charge in [0.2, 0.25) is 5.91 Å². The van der Waals surface area contributed by atoms with Gasteiger partial charge in [0.15, 0.2) is 0 Å². The van der Waals surface area contributed by atoms with Gasteiger partial charge in [-0.3, -0.25) is 4.79 Å². The summed E-state index contributed by atoms with van der Waals surface area (Å²) in [6.07, 6.45) is 2.31. The highest BCUT2D eigenvalue weighted by Gasteiger charge is 2.18. The second-order valence-corrected chi connectivity index (χ2v) is 3.66. The maximum absolute atomic E-state index is 11.0. The number of amides is 1. The van der Waals surface area contributed by atoms with Gasteiger partial charge >= 0.3 is 5.97 Å². The fraction of sp³-hybridized carbons (Fsp3) is 0.750. The molecule has 0 spiro atoms. The van der Waals surface area contributed by atoms with Gasteiger partial charge in [0.1, 0.15) is 12.6 Å². The Bertz CT molecular complexity index is 198.